The van der Waals surface area contributed by atoms with Crippen molar-refractivity contribution >= 4 is 46.4 Å². The van der Waals surface area contributed by atoms with E-state index in [1.807, 2.05) is 32.9 Å². The largest absolute Gasteiger partial charge is 0.497 e. The molecule has 2 amide bonds. The maximum Gasteiger partial charge on any atom is 0.420 e. The molecule has 17 nitrogen and oxygen atoms in total. The lowest BCUT2D eigenvalue weighted by molar-refractivity contribution is -0.163. The summed E-state index contributed by atoms with van der Waals surface area (Å²) in [6.07, 6.45) is -3.96. The Morgan fingerprint density at radius 3 is 1.94 bits per heavy atom. The van der Waals surface area contributed by atoms with Crippen molar-refractivity contribution in [1.82, 2.24) is 4.90 Å². The molecule has 0 fully saturated rings. The molecule has 2 aromatic rings. The Balaban J connectivity index is 1.98. The van der Waals surface area contributed by atoms with Crippen molar-refractivity contribution in [3.8, 4) is 40.9 Å². The number of carbonyl (C=O) groups is 3. The number of ether oxygens (including phenoxy) is 10. The monoisotopic (exact) mass is 1130 g/mol. The van der Waals surface area contributed by atoms with Crippen molar-refractivity contribution in [2.75, 3.05) is 41.5 Å². The second kappa shape index (κ2) is 26.7. The average Bonchev–Trinajstić information content (AvgIpc) is 3.77. The lowest BCUT2D eigenvalue weighted by atomic mass is 9.89. The molecular formula is C57H80ClNO16Si2. The number of amides is 2. The smallest absolute Gasteiger partial charge is 0.420 e. The summed E-state index contributed by atoms with van der Waals surface area (Å²) in [6.45, 7) is 21.1. The van der Waals surface area contributed by atoms with Crippen LogP contribution in [0.3, 0.4) is 0 Å². The van der Waals surface area contributed by atoms with Crippen molar-refractivity contribution in [2.24, 2.45) is 0 Å². The van der Waals surface area contributed by atoms with Crippen molar-refractivity contribution < 1.29 is 75.7 Å². The molecule has 77 heavy (non-hydrogen) atoms. The Kier molecular flexibility index (Phi) is 21.8. The maximum absolute atomic E-state index is 14.9. The van der Waals surface area contributed by atoms with Gasteiger partial charge in [-0.25, -0.2) is 14.5 Å². The number of benzene rings is 2. The van der Waals surface area contributed by atoms with Gasteiger partial charge in [0.15, 0.2) is 65.1 Å². The van der Waals surface area contributed by atoms with E-state index in [0.29, 0.717) is 58.9 Å². The van der Waals surface area contributed by atoms with Gasteiger partial charge in [0.2, 0.25) is 0 Å². The summed E-state index contributed by atoms with van der Waals surface area (Å²) in [5.74, 6) is 13.2. The minimum absolute atomic E-state index is 0.0424. The van der Waals surface area contributed by atoms with Crippen LogP contribution in [0.2, 0.25) is 41.3 Å². The Morgan fingerprint density at radius 2 is 1.39 bits per heavy atom. The number of aliphatic hydroxyl groups excluding tert-OH is 1. The molecule has 0 saturated carbocycles. The first-order valence-electron chi connectivity index (χ1n) is 26.3. The highest BCUT2D eigenvalue weighted by Gasteiger charge is 2.56. The number of allylic oxidation sites excluding steroid dienone is 1. The van der Waals surface area contributed by atoms with Crippen molar-refractivity contribution in [3.63, 3.8) is 0 Å². The second-order valence-electron chi connectivity index (χ2n) is 21.1. The molecule has 20 heteroatoms. The second-order valence-corrected chi connectivity index (χ2v) is 30.9. The van der Waals surface area contributed by atoms with Crippen LogP contribution in [0, 0.1) is 23.7 Å². The molecule has 0 aromatic heterocycles. The number of hydrogen-bond donors (Lipinski definition) is 1. The fourth-order valence-electron chi connectivity index (χ4n) is 9.21. The van der Waals surface area contributed by atoms with Gasteiger partial charge in [-0.1, -0.05) is 89.0 Å². The molecule has 0 unspecified atom stereocenters. The Hall–Kier alpha value is -5.07. The van der Waals surface area contributed by atoms with Gasteiger partial charge < -0.3 is 61.3 Å². The summed E-state index contributed by atoms with van der Waals surface area (Å²) in [4.78, 5) is 44.6. The van der Waals surface area contributed by atoms with Crippen LogP contribution in [0.1, 0.15) is 107 Å². The van der Waals surface area contributed by atoms with E-state index in [1.54, 1.807) is 72.9 Å². The standard InChI is InChI=1S/C57H80ClNO16Si2/c1-16-76(17-2,18-3)74-56-29-28-41-32-43(69-37-64-13)34-57(41,75-77(19-4,20-5)21-6)48(27-26-47(56)60)71-51-44(58)30-40(31-46(51)70-38-65-14)45(59(52(62)72-54(7,8)9)53(63)73-55(10,11)12)33-50(61)68-36-49(56)67-35-39-22-24-42(66-15)25-23-39/h22-25,30-32,34,45,47-49,60H,16-21,33,35-38H2,1-15H3/t45-,47-,48+,49+,56-,57+/m0/s1. The van der Waals surface area contributed by atoms with E-state index in [1.165, 1.54) is 26.4 Å². The van der Waals surface area contributed by atoms with Crippen LogP contribution in [0.15, 0.2) is 59.9 Å². The molecule has 2 heterocycles. The molecule has 0 spiro atoms. The number of imide groups is 1. The topological polar surface area (TPSA) is 185 Å². The van der Waals surface area contributed by atoms with Crippen LogP contribution < -0.4 is 14.2 Å². The van der Waals surface area contributed by atoms with Crippen molar-refractivity contribution in [1.29, 1.82) is 0 Å². The number of halogens is 1. The van der Waals surface area contributed by atoms with Crippen molar-refractivity contribution in [3.05, 3.63) is 76.0 Å². The van der Waals surface area contributed by atoms with Crippen LogP contribution in [0.4, 0.5) is 9.59 Å². The van der Waals surface area contributed by atoms with E-state index in [0.717, 1.165) is 4.90 Å². The minimum atomic E-state index is -2.90. The molecule has 2 aliphatic carbocycles. The number of esters is 1. The van der Waals surface area contributed by atoms with Crippen LogP contribution in [-0.4, -0.2) is 127 Å². The zero-order valence-corrected chi connectivity index (χ0v) is 50.4. The van der Waals surface area contributed by atoms with Gasteiger partial charge in [0, 0.05) is 19.8 Å². The zero-order valence-electron chi connectivity index (χ0n) is 47.6. The van der Waals surface area contributed by atoms with E-state index in [4.69, 9.17) is 67.8 Å². The Labute approximate surface area is 462 Å². The minimum Gasteiger partial charge on any atom is -0.497 e. The molecule has 4 aliphatic rings. The summed E-state index contributed by atoms with van der Waals surface area (Å²) in [6, 6.07) is 12.5. The SMILES string of the molecule is CC[Si](CC)(CC)O[C@@]12C#CC3=CC(OCOC)=C[C@]3(O[Si](CC)(CC)CC)[C@@H](C#C[C@@H]1O)Oc1c(Cl)cc(cc1OCOC)[C@@H](N(C(=O)OC(C)(C)C)C(=O)OC(C)(C)C)CC(=O)OC[C@H]2OCc1ccc(OC)cc1. The van der Waals surface area contributed by atoms with Gasteiger partial charge in [-0.15, -0.1) is 0 Å². The third kappa shape index (κ3) is 15.2. The number of carbonyl (C=O) groups excluding carboxylic acids is 3. The molecule has 2 aromatic carbocycles. The maximum atomic E-state index is 14.9. The van der Waals surface area contributed by atoms with E-state index in [-0.39, 0.29) is 42.3 Å². The Bertz CT molecular complexity index is 2520. The lowest BCUT2D eigenvalue weighted by Crippen LogP contribution is -2.61. The quantitative estimate of drug-likeness (QED) is 0.0409. The third-order valence-electron chi connectivity index (χ3n) is 13.9. The predicted octanol–water partition coefficient (Wildman–Crippen LogP) is 11.2. The summed E-state index contributed by atoms with van der Waals surface area (Å²) in [7, 11) is -1.17. The number of fused-ring (bicyclic) bond motifs is 8. The Morgan fingerprint density at radius 1 is 0.818 bits per heavy atom. The van der Waals surface area contributed by atoms with Crippen LogP contribution in [0.5, 0.6) is 17.2 Å². The van der Waals surface area contributed by atoms with Gasteiger partial charge in [-0.2, -0.15) is 0 Å². The molecule has 0 radical (unpaired) electrons. The molecular weight excluding hydrogens is 1050 g/mol. The summed E-state index contributed by atoms with van der Waals surface area (Å²) in [5, 5.41) is 13.0. The van der Waals surface area contributed by atoms with Gasteiger partial charge in [-0.05, 0) is 125 Å². The third-order valence-corrected chi connectivity index (χ3v) is 23.5. The average molecular weight is 1130 g/mol. The predicted molar refractivity (Wildman–Crippen MR) is 295 cm³/mol. The molecule has 6 rings (SSSR count). The molecule has 6 atom stereocenters. The van der Waals surface area contributed by atoms with Crippen LogP contribution in [0.25, 0.3) is 0 Å². The summed E-state index contributed by atoms with van der Waals surface area (Å²) >= 11 is 7.38. The number of aliphatic hydroxyl groups is 1. The first-order valence-corrected chi connectivity index (χ1v) is 31.8. The van der Waals surface area contributed by atoms with E-state index in [2.05, 4.69) is 44.5 Å². The highest BCUT2D eigenvalue weighted by Crippen LogP contribution is 2.47. The first kappa shape index (κ1) is 62.8. The van der Waals surface area contributed by atoms with Gasteiger partial charge in [0.1, 0.15) is 35.4 Å². The van der Waals surface area contributed by atoms with Gasteiger partial charge >= 0.3 is 18.2 Å². The number of methoxy groups -OCH3 is 3. The summed E-state index contributed by atoms with van der Waals surface area (Å²) in [5.41, 5.74) is -4.77. The molecule has 2 aliphatic heterocycles. The molecule has 4 bridgehead atoms. The molecule has 424 valence electrons. The lowest BCUT2D eigenvalue weighted by Gasteiger charge is -2.44. The fourth-order valence-corrected chi connectivity index (χ4v) is 15.3. The van der Waals surface area contributed by atoms with E-state index in [9.17, 15) is 19.5 Å². The van der Waals surface area contributed by atoms with Crippen LogP contribution >= 0.6 is 11.6 Å². The van der Waals surface area contributed by atoms with Gasteiger partial charge in [0.25, 0.3) is 0 Å². The first-order chi connectivity index (χ1) is 36.4. The highest BCUT2D eigenvalue weighted by molar-refractivity contribution is 6.74. The zero-order chi connectivity index (χ0) is 57.0. The number of rotatable bonds is 21. The highest BCUT2D eigenvalue weighted by atomic mass is 35.5. The van der Waals surface area contributed by atoms with Gasteiger partial charge in [0.05, 0.1) is 31.2 Å². The van der Waals surface area contributed by atoms with Crippen LogP contribution in [-0.2, 0) is 53.4 Å². The fraction of sp³-hybridized carbons (Fsp3) is 0.596. The molecule has 0 saturated heterocycles. The number of nitrogens with zero attached hydrogens (tertiary/aromatic N) is 1. The number of hydrogen-bond acceptors (Lipinski definition) is 16. The van der Waals surface area contributed by atoms with E-state index < -0.39 is 94.6 Å². The summed E-state index contributed by atoms with van der Waals surface area (Å²) < 4.78 is 75.8. The normalized spacial score (nSPS) is 22.5. The van der Waals surface area contributed by atoms with Crippen molar-refractivity contribution in [2.45, 2.75) is 179 Å². The van der Waals surface area contributed by atoms with E-state index >= 15 is 0 Å². The van der Waals surface area contributed by atoms with Gasteiger partial charge in [-0.3, -0.25) is 4.79 Å². The molecule has 1 N–H and O–H groups in total.